The Morgan fingerprint density at radius 1 is 0.889 bits per heavy atom. The van der Waals surface area contributed by atoms with Crippen molar-refractivity contribution in [3.8, 4) is 5.75 Å². The lowest BCUT2D eigenvalue weighted by molar-refractivity contribution is 0.304. The highest BCUT2D eigenvalue weighted by molar-refractivity contribution is 6.48. The lowest BCUT2D eigenvalue weighted by Gasteiger charge is -2.09. The molecule has 0 heterocycles. The normalized spacial score (nSPS) is 10.7. The third-order valence-electron chi connectivity index (χ3n) is 2.76. The van der Waals surface area contributed by atoms with Gasteiger partial charge < -0.3 is 4.74 Å². The summed E-state index contributed by atoms with van der Waals surface area (Å²) in [5.74, 6) is 0.611. The van der Waals surface area contributed by atoms with Gasteiger partial charge in [0.15, 0.2) is 0 Å². The molecule has 0 bridgehead atoms. The Labute approximate surface area is 124 Å². The van der Waals surface area contributed by atoms with Crippen LogP contribution < -0.4 is 4.74 Å². The fourth-order valence-electron chi connectivity index (χ4n) is 1.68. The molecule has 1 aromatic rings. The molecule has 18 heavy (non-hydrogen) atoms. The van der Waals surface area contributed by atoms with E-state index >= 15 is 0 Å². The summed E-state index contributed by atoms with van der Waals surface area (Å²) in [5, 5.41) is 1.21. The van der Waals surface area contributed by atoms with Crippen LogP contribution in [-0.4, -0.2) is 6.61 Å². The molecule has 0 amide bonds. The molecule has 0 spiro atoms. The number of hydrogen-bond acceptors (Lipinski definition) is 1. The molecule has 0 saturated carbocycles. The topological polar surface area (TPSA) is 9.23 Å². The van der Waals surface area contributed by atoms with Crippen molar-refractivity contribution in [2.24, 2.45) is 0 Å². The summed E-state index contributed by atoms with van der Waals surface area (Å²) >= 11 is 17.8. The van der Waals surface area contributed by atoms with Crippen molar-refractivity contribution in [1.82, 2.24) is 0 Å². The van der Waals surface area contributed by atoms with Gasteiger partial charge in [-0.2, -0.15) is 0 Å². The van der Waals surface area contributed by atoms with E-state index in [9.17, 15) is 0 Å². The lowest BCUT2D eigenvalue weighted by atomic mass is 10.1. The van der Waals surface area contributed by atoms with Crippen LogP contribution in [0.3, 0.4) is 0 Å². The summed E-state index contributed by atoms with van der Waals surface area (Å²) in [4.78, 5) is 0. The zero-order valence-electron chi connectivity index (χ0n) is 10.6. The van der Waals surface area contributed by atoms with E-state index in [2.05, 4.69) is 6.92 Å². The third-order valence-corrected chi connectivity index (χ3v) is 4.03. The van der Waals surface area contributed by atoms with E-state index in [1.54, 1.807) is 12.1 Å². The van der Waals surface area contributed by atoms with Gasteiger partial charge in [0.1, 0.15) is 10.8 Å². The largest absolute Gasteiger partial charge is 0.492 e. The maximum Gasteiger partial charge on any atom is 0.139 e. The van der Waals surface area contributed by atoms with Gasteiger partial charge in [0.2, 0.25) is 0 Å². The minimum Gasteiger partial charge on any atom is -0.492 e. The summed E-state index contributed by atoms with van der Waals surface area (Å²) in [5.41, 5.74) is 0. The second kappa shape index (κ2) is 8.90. The molecule has 0 aromatic heterocycles. The molecule has 4 heteroatoms. The van der Waals surface area contributed by atoms with E-state index in [-0.39, 0.29) is 0 Å². The molecule has 0 atom stereocenters. The minimum atomic E-state index is 0.360. The molecular formula is C14H19Cl3O. The molecule has 0 N–H and O–H groups in total. The van der Waals surface area contributed by atoms with E-state index < -0.39 is 0 Å². The van der Waals surface area contributed by atoms with E-state index in [0.29, 0.717) is 27.4 Å². The van der Waals surface area contributed by atoms with Gasteiger partial charge in [-0.25, -0.2) is 0 Å². The van der Waals surface area contributed by atoms with E-state index in [1.165, 1.54) is 32.1 Å². The van der Waals surface area contributed by atoms with Crippen molar-refractivity contribution in [3.05, 3.63) is 27.2 Å². The first-order chi connectivity index (χ1) is 8.66. The molecule has 0 fully saturated rings. The average Bonchev–Trinajstić information content (AvgIpc) is 2.37. The maximum absolute atomic E-state index is 6.04. The Morgan fingerprint density at radius 3 is 2.28 bits per heavy atom. The standard InChI is InChI=1S/C14H19Cl3O/c1-2-3-4-5-6-7-10-18-12-9-8-11(15)13(16)14(12)17/h8-9H,2-7,10H2,1H3. The SMILES string of the molecule is CCCCCCCCOc1ccc(Cl)c(Cl)c1Cl. The van der Waals surface area contributed by atoms with Crippen molar-refractivity contribution in [3.63, 3.8) is 0 Å². The van der Waals surface area contributed by atoms with Crippen LogP contribution >= 0.6 is 34.8 Å². The van der Waals surface area contributed by atoms with Gasteiger partial charge in [-0.05, 0) is 18.6 Å². The van der Waals surface area contributed by atoms with Crippen molar-refractivity contribution >= 4 is 34.8 Å². The highest BCUT2D eigenvalue weighted by Gasteiger charge is 2.09. The molecule has 0 saturated heterocycles. The Morgan fingerprint density at radius 2 is 1.56 bits per heavy atom. The molecule has 0 aliphatic carbocycles. The average molecular weight is 310 g/mol. The molecule has 0 aliphatic rings. The van der Waals surface area contributed by atoms with Gasteiger partial charge in [0, 0.05) is 0 Å². The second-order valence-corrected chi connectivity index (χ2v) is 5.45. The van der Waals surface area contributed by atoms with Gasteiger partial charge in [0.05, 0.1) is 16.7 Å². The first-order valence-corrected chi connectivity index (χ1v) is 7.56. The summed E-state index contributed by atoms with van der Waals surface area (Å²) in [7, 11) is 0. The smallest absolute Gasteiger partial charge is 0.139 e. The van der Waals surface area contributed by atoms with Gasteiger partial charge in [-0.15, -0.1) is 0 Å². The monoisotopic (exact) mass is 308 g/mol. The van der Waals surface area contributed by atoms with Gasteiger partial charge >= 0.3 is 0 Å². The fraction of sp³-hybridized carbons (Fsp3) is 0.571. The van der Waals surface area contributed by atoms with Gasteiger partial charge in [0.25, 0.3) is 0 Å². The van der Waals surface area contributed by atoms with E-state index in [0.717, 1.165) is 6.42 Å². The van der Waals surface area contributed by atoms with Gasteiger partial charge in [-0.1, -0.05) is 73.8 Å². The summed E-state index contributed by atoms with van der Waals surface area (Å²) in [6.45, 7) is 2.89. The molecule has 102 valence electrons. The van der Waals surface area contributed by atoms with Crippen molar-refractivity contribution in [2.75, 3.05) is 6.61 Å². The van der Waals surface area contributed by atoms with Crippen molar-refractivity contribution in [2.45, 2.75) is 45.4 Å². The number of benzene rings is 1. The lowest BCUT2D eigenvalue weighted by Crippen LogP contribution is -1.98. The van der Waals surface area contributed by atoms with E-state index in [1.807, 2.05) is 0 Å². The van der Waals surface area contributed by atoms with Crippen LogP contribution in [0, 0.1) is 0 Å². The highest BCUT2D eigenvalue weighted by Crippen LogP contribution is 2.37. The quantitative estimate of drug-likeness (QED) is 0.399. The summed E-state index contributed by atoms with van der Waals surface area (Å²) in [6, 6.07) is 3.46. The van der Waals surface area contributed by atoms with Crippen molar-refractivity contribution < 1.29 is 4.74 Å². The number of ether oxygens (including phenoxy) is 1. The Balaban J connectivity index is 2.25. The first kappa shape index (κ1) is 15.9. The Hall–Kier alpha value is -0.110. The van der Waals surface area contributed by atoms with E-state index in [4.69, 9.17) is 39.5 Å². The molecule has 0 unspecified atom stereocenters. The van der Waals surface area contributed by atoms with Crippen LogP contribution in [-0.2, 0) is 0 Å². The maximum atomic E-state index is 6.04. The molecular weight excluding hydrogens is 291 g/mol. The van der Waals surface area contributed by atoms with Crippen LogP contribution in [0.2, 0.25) is 15.1 Å². The molecule has 1 nitrogen and oxygen atoms in total. The second-order valence-electron chi connectivity index (χ2n) is 4.29. The van der Waals surface area contributed by atoms with Gasteiger partial charge in [-0.3, -0.25) is 0 Å². The molecule has 1 rings (SSSR count). The predicted octanol–water partition coefficient (Wildman–Crippen LogP) is 6.39. The molecule has 0 radical (unpaired) electrons. The number of rotatable bonds is 8. The fourth-order valence-corrected chi connectivity index (χ4v) is 2.27. The minimum absolute atomic E-state index is 0.360. The van der Waals surface area contributed by atoms with Crippen LogP contribution in [0.5, 0.6) is 5.75 Å². The number of unbranched alkanes of at least 4 members (excludes halogenated alkanes) is 5. The van der Waals surface area contributed by atoms with Crippen LogP contribution in [0.15, 0.2) is 12.1 Å². The molecule has 0 aliphatic heterocycles. The first-order valence-electron chi connectivity index (χ1n) is 6.43. The Kier molecular flexibility index (Phi) is 7.88. The van der Waals surface area contributed by atoms with Crippen LogP contribution in [0.4, 0.5) is 0 Å². The van der Waals surface area contributed by atoms with Crippen molar-refractivity contribution in [1.29, 1.82) is 0 Å². The number of hydrogen-bond donors (Lipinski definition) is 0. The highest BCUT2D eigenvalue weighted by atomic mass is 35.5. The summed E-state index contributed by atoms with van der Waals surface area (Å²) in [6.07, 6.45) is 7.41. The summed E-state index contributed by atoms with van der Waals surface area (Å²) < 4.78 is 5.60. The van der Waals surface area contributed by atoms with Crippen LogP contribution in [0.1, 0.15) is 45.4 Å². The number of halogens is 3. The Bertz CT molecular complexity index is 366. The van der Waals surface area contributed by atoms with Crippen LogP contribution in [0.25, 0.3) is 0 Å². The third kappa shape index (κ3) is 5.26. The zero-order chi connectivity index (χ0) is 13.4. The zero-order valence-corrected chi connectivity index (χ0v) is 12.9. The molecule has 1 aromatic carbocycles. The predicted molar refractivity (Wildman–Crippen MR) is 80.3 cm³/mol.